The Balaban J connectivity index is 1.22. The van der Waals surface area contributed by atoms with E-state index in [0.717, 1.165) is 65.5 Å². The summed E-state index contributed by atoms with van der Waals surface area (Å²) < 4.78 is 7.99. The SMILES string of the molecule is c1cnc2c(-c3ccc(OC4CCN(C5CCC5)CC4)cc3)nn3cnnc3c2c1. The van der Waals surface area contributed by atoms with Crippen molar-refractivity contribution in [2.75, 3.05) is 13.1 Å². The van der Waals surface area contributed by atoms with Crippen LogP contribution >= 0.6 is 0 Å². The van der Waals surface area contributed by atoms with Gasteiger partial charge in [0.15, 0.2) is 5.65 Å². The summed E-state index contributed by atoms with van der Waals surface area (Å²) in [7, 11) is 0. The van der Waals surface area contributed by atoms with E-state index in [1.165, 1.54) is 19.3 Å². The number of rotatable bonds is 4. The van der Waals surface area contributed by atoms with E-state index in [0.29, 0.717) is 6.10 Å². The van der Waals surface area contributed by atoms with E-state index in [9.17, 15) is 0 Å². The molecule has 0 bridgehead atoms. The fourth-order valence-corrected chi connectivity index (χ4v) is 4.60. The van der Waals surface area contributed by atoms with Crippen LogP contribution < -0.4 is 4.74 Å². The van der Waals surface area contributed by atoms with Gasteiger partial charge in [-0.25, -0.2) is 0 Å². The first kappa shape index (κ1) is 17.8. The lowest BCUT2D eigenvalue weighted by Crippen LogP contribution is -2.46. The van der Waals surface area contributed by atoms with Crippen molar-refractivity contribution in [3.63, 3.8) is 0 Å². The zero-order chi connectivity index (χ0) is 19.9. The second kappa shape index (κ2) is 7.32. The van der Waals surface area contributed by atoms with Crippen LogP contribution in [0.25, 0.3) is 27.8 Å². The topological polar surface area (TPSA) is 68.4 Å². The first-order valence-electron chi connectivity index (χ1n) is 10.8. The highest BCUT2D eigenvalue weighted by molar-refractivity contribution is 5.98. The lowest BCUT2D eigenvalue weighted by Gasteiger charge is -2.41. The minimum absolute atomic E-state index is 0.307. The van der Waals surface area contributed by atoms with Gasteiger partial charge < -0.3 is 9.64 Å². The fraction of sp³-hybridized carbons (Fsp3) is 0.391. The third-order valence-corrected chi connectivity index (χ3v) is 6.51. The molecule has 7 heteroatoms. The Kier molecular flexibility index (Phi) is 4.34. The Hall–Kier alpha value is -3.06. The Morgan fingerprint density at radius 2 is 1.80 bits per heavy atom. The Labute approximate surface area is 174 Å². The first-order valence-corrected chi connectivity index (χ1v) is 10.8. The molecule has 2 aliphatic rings. The van der Waals surface area contributed by atoms with Gasteiger partial charge in [0.05, 0.1) is 0 Å². The van der Waals surface area contributed by atoms with E-state index < -0.39 is 0 Å². The quantitative estimate of drug-likeness (QED) is 0.520. The van der Waals surface area contributed by atoms with E-state index in [-0.39, 0.29) is 0 Å². The number of hydrogen-bond acceptors (Lipinski definition) is 6. The van der Waals surface area contributed by atoms with Gasteiger partial charge in [0.2, 0.25) is 0 Å². The molecule has 3 aromatic heterocycles. The smallest absolute Gasteiger partial charge is 0.186 e. The monoisotopic (exact) mass is 400 g/mol. The zero-order valence-electron chi connectivity index (χ0n) is 16.8. The molecule has 0 amide bonds. The van der Waals surface area contributed by atoms with Crippen LogP contribution in [0, 0.1) is 0 Å². The minimum atomic E-state index is 0.307. The molecule has 4 aromatic rings. The van der Waals surface area contributed by atoms with Crippen LogP contribution in [-0.4, -0.2) is 54.9 Å². The molecular weight excluding hydrogens is 376 g/mol. The molecule has 30 heavy (non-hydrogen) atoms. The van der Waals surface area contributed by atoms with Crippen LogP contribution in [0.2, 0.25) is 0 Å². The number of fused-ring (bicyclic) bond motifs is 3. The van der Waals surface area contributed by atoms with E-state index in [4.69, 9.17) is 9.84 Å². The highest BCUT2D eigenvalue weighted by Gasteiger charge is 2.29. The van der Waals surface area contributed by atoms with Crippen LogP contribution in [0.4, 0.5) is 0 Å². The molecule has 2 fully saturated rings. The summed E-state index contributed by atoms with van der Waals surface area (Å²) in [6.45, 7) is 2.32. The van der Waals surface area contributed by atoms with Crippen LogP contribution in [0.5, 0.6) is 5.75 Å². The van der Waals surface area contributed by atoms with E-state index in [2.05, 4.69) is 32.2 Å². The molecule has 1 aliphatic carbocycles. The van der Waals surface area contributed by atoms with Crippen molar-refractivity contribution < 1.29 is 4.74 Å². The summed E-state index contributed by atoms with van der Waals surface area (Å²) in [4.78, 5) is 7.21. The molecule has 0 atom stereocenters. The summed E-state index contributed by atoms with van der Waals surface area (Å²) in [5, 5.41) is 13.8. The Morgan fingerprint density at radius 1 is 0.967 bits per heavy atom. The molecule has 1 saturated carbocycles. The predicted molar refractivity (Wildman–Crippen MR) is 114 cm³/mol. The third-order valence-electron chi connectivity index (χ3n) is 6.51. The predicted octanol–water partition coefficient (Wildman–Crippen LogP) is 3.74. The van der Waals surface area contributed by atoms with E-state index in [1.54, 1.807) is 17.0 Å². The molecular formula is C23H24N6O. The highest BCUT2D eigenvalue weighted by Crippen LogP contribution is 2.30. The zero-order valence-corrected chi connectivity index (χ0v) is 16.8. The van der Waals surface area contributed by atoms with Crippen LogP contribution in [0.3, 0.4) is 0 Å². The van der Waals surface area contributed by atoms with Gasteiger partial charge in [-0.1, -0.05) is 6.42 Å². The number of aromatic nitrogens is 5. The summed E-state index contributed by atoms with van der Waals surface area (Å²) in [6.07, 6.45) is 10.1. The average molecular weight is 400 g/mol. The largest absolute Gasteiger partial charge is 0.490 e. The molecule has 1 aliphatic heterocycles. The number of piperidine rings is 1. The van der Waals surface area contributed by atoms with Gasteiger partial charge in [0.1, 0.15) is 29.4 Å². The van der Waals surface area contributed by atoms with Crippen molar-refractivity contribution in [1.29, 1.82) is 0 Å². The van der Waals surface area contributed by atoms with Crippen LogP contribution in [0.1, 0.15) is 32.1 Å². The van der Waals surface area contributed by atoms with Gasteiger partial charge in [0.25, 0.3) is 0 Å². The molecule has 0 radical (unpaired) electrons. The molecule has 6 rings (SSSR count). The highest BCUT2D eigenvalue weighted by atomic mass is 16.5. The van der Waals surface area contributed by atoms with Gasteiger partial charge in [0, 0.05) is 36.3 Å². The average Bonchev–Trinajstić information content (AvgIpc) is 3.23. The van der Waals surface area contributed by atoms with Gasteiger partial charge in [-0.15, -0.1) is 10.2 Å². The number of hydrogen-bond donors (Lipinski definition) is 0. The standard InChI is InChI=1S/C23H24N6O/c1-3-17(4-1)28-13-10-19(11-14-28)30-18-8-6-16(7-9-18)21-22-20(5-2-12-24-22)23-26-25-15-29(23)27-21/h2,5-9,12,15,17,19H,1,3-4,10-11,13-14H2. The number of nitrogens with zero attached hydrogens (tertiary/aromatic N) is 6. The molecule has 1 aromatic carbocycles. The summed E-state index contributed by atoms with van der Waals surface area (Å²) in [5.41, 5.74) is 3.37. The van der Waals surface area contributed by atoms with E-state index >= 15 is 0 Å². The number of likely N-dealkylation sites (tertiary alicyclic amines) is 1. The van der Waals surface area contributed by atoms with Crippen LogP contribution in [-0.2, 0) is 0 Å². The molecule has 1 saturated heterocycles. The summed E-state index contributed by atoms with van der Waals surface area (Å²) >= 11 is 0. The minimum Gasteiger partial charge on any atom is -0.490 e. The van der Waals surface area contributed by atoms with E-state index in [1.807, 2.05) is 24.3 Å². The second-order valence-electron chi connectivity index (χ2n) is 8.31. The maximum Gasteiger partial charge on any atom is 0.186 e. The van der Waals surface area contributed by atoms with Crippen molar-refractivity contribution in [2.45, 2.75) is 44.2 Å². The Morgan fingerprint density at radius 3 is 2.57 bits per heavy atom. The summed E-state index contributed by atoms with van der Waals surface area (Å²) in [5.74, 6) is 0.920. The molecule has 7 nitrogen and oxygen atoms in total. The molecule has 0 spiro atoms. The van der Waals surface area contributed by atoms with Crippen LogP contribution in [0.15, 0.2) is 48.9 Å². The molecule has 4 heterocycles. The second-order valence-corrected chi connectivity index (χ2v) is 8.31. The molecule has 152 valence electrons. The maximum absolute atomic E-state index is 6.28. The van der Waals surface area contributed by atoms with Crippen molar-refractivity contribution in [3.05, 3.63) is 48.9 Å². The number of benzene rings is 1. The normalized spacial score (nSPS) is 18.7. The van der Waals surface area contributed by atoms with Gasteiger partial charge in [-0.2, -0.15) is 9.61 Å². The van der Waals surface area contributed by atoms with Crippen molar-refractivity contribution in [2.24, 2.45) is 0 Å². The van der Waals surface area contributed by atoms with Gasteiger partial charge in [-0.05, 0) is 62.1 Å². The third kappa shape index (κ3) is 3.10. The van der Waals surface area contributed by atoms with Crippen molar-refractivity contribution in [1.82, 2.24) is 29.7 Å². The molecule has 0 N–H and O–H groups in total. The number of ether oxygens (including phenoxy) is 1. The van der Waals surface area contributed by atoms with Gasteiger partial charge in [-0.3, -0.25) is 4.98 Å². The lowest BCUT2D eigenvalue weighted by molar-refractivity contribution is 0.0493. The van der Waals surface area contributed by atoms with Crippen molar-refractivity contribution >= 4 is 16.6 Å². The first-order chi connectivity index (χ1) is 14.8. The van der Waals surface area contributed by atoms with Gasteiger partial charge >= 0.3 is 0 Å². The lowest BCUT2D eigenvalue weighted by atomic mass is 9.90. The molecule has 0 unspecified atom stereocenters. The Bertz CT molecular complexity index is 1180. The number of pyridine rings is 1. The summed E-state index contributed by atoms with van der Waals surface area (Å²) in [6, 6.07) is 13.0. The van der Waals surface area contributed by atoms with Crippen molar-refractivity contribution in [3.8, 4) is 17.0 Å². The fourth-order valence-electron chi connectivity index (χ4n) is 4.60. The maximum atomic E-state index is 6.28.